The third-order valence-electron chi connectivity index (χ3n) is 26.0. The van der Waals surface area contributed by atoms with Crippen LogP contribution in [0.4, 0.5) is 0 Å². The fourth-order valence-corrected chi connectivity index (χ4v) is 21.3. The van der Waals surface area contributed by atoms with Gasteiger partial charge in [-0.1, -0.05) is 410 Å². The number of hydrogen-bond acceptors (Lipinski definition) is 1. The van der Waals surface area contributed by atoms with Gasteiger partial charge in [0.1, 0.15) is 11.2 Å². The van der Waals surface area contributed by atoms with Crippen LogP contribution in [0.15, 0.2) is 405 Å². The van der Waals surface area contributed by atoms with Gasteiger partial charge in [0, 0.05) is 27.2 Å². The highest BCUT2D eigenvalue weighted by molar-refractivity contribution is 6.26. The number of fused-ring (bicyclic) bond motifs is 23. The summed E-state index contributed by atoms with van der Waals surface area (Å²) in [5.41, 5.74) is 32.3. The summed E-state index contributed by atoms with van der Waals surface area (Å²) in [4.78, 5) is 0. The molecule has 21 aromatic carbocycles. The maximum atomic E-state index is 6.63. The van der Waals surface area contributed by atoms with E-state index >= 15 is 0 Å². The Morgan fingerprint density at radius 2 is 0.419 bits per heavy atom. The van der Waals surface area contributed by atoms with Crippen molar-refractivity contribution in [1.82, 2.24) is 0 Å². The van der Waals surface area contributed by atoms with Crippen molar-refractivity contribution in [2.75, 3.05) is 0 Å². The van der Waals surface area contributed by atoms with Crippen LogP contribution in [-0.2, 0) is 10.8 Å². The molecule has 0 saturated heterocycles. The van der Waals surface area contributed by atoms with Crippen LogP contribution in [0.1, 0.15) is 49.9 Å². The smallest absolute Gasteiger partial charge is 0.143 e. The zero-order valence-corrected chi connectivity index (χ0v) is 65.5. The molecule has 2 aliphatic rings. The summed E-state index contributed by atoms with van der Waals surface area (Å²) in [5, 5.41) is 22.9. The first-order valence-corrected chi connectivity index (χ1v) is 41.0. The molecule has 22 aromatic rings. The summed E-state index contributed by atoms with van der Waals surface area (Å²) < 4.78 is 6.63. The van der Waals surface area contributed by atoms with E-state index in [2.05, 4.69) is 422 Å². The topological polar surface area (TPSA) is 13.1 Å². The van der Waals surface area contributed by atoms with Crippen molar-refractivity contribution in [1.29, 1.82) is 0 Å². The second-order valence-corrected chi connectivity index (χ2v) is 33.0. The lowest BCUT2D eigenvalue weighted by Crippen LogP contribution is -2.17. The molecule has 1 aromatic heterocycles. The first kappa shape index (κ1) is 68.1. The van der Waals surface area contributed by atoms with Gasteiger partial charge in [-0.2, -0.15) is 0 Å². The lowest BCUT2D eigenvalue weighted by atomic mass is 9.76. The standard InChI is InChI=1S/C61H40O.C55H38/c1-61(2)58-39(31-16-34-53(58)57-45-25-7-3-20-40(45)41-21-5-12-30-50(41)59(57)61)37-18-15-19-38(36-37)55-46-26-8-10-28-48(46)56(49-29-11-9-27-47(49)55)44-24-6-4-22-42(44)51-32-17-33-52-43-23-13-14-35-54(43)62-60(51)52;1-55(2)53-39(32-17-33-49(53)52-43-26-10-7-23-40(43)41-24-8-15-31-48(41)54(52)55)36-20-16-21-37(34-36)50-44-27-11-13-29-46(44)51(47-30-14-12-28-45(47)50)42-25-9-6-22-38(42)35-18-4-3-5-19-35/h3-36H,1-2H3;3-34H,1-2H3. The van der Waals surface area contributed by atoms with E-state index in [-0.39, 0.29) is 10.8 Å². The summed E-state index contributed by atoms with van der Waals surface area (Å²) in [7, 11) is 0. The molecule has 0 fully saturated rings. The van der Waals surface area contributed by atoms with E-state index in [1.165, 1.54) is 209 Å². The molecule has 2 aliphatic carbocycles. The minimum atomic E-state index is -0.220. The van der Waals surface area contributed by atoms with Crippen LogP contribution >= 0.6 is 0 Å². The van der Waals surface area contributed by atoms with Crippen molar-refractivity contribution >= 4 is 108 Å². The molecule has 0 amide bonds. The van der Waals surface area contributed by atoms with Crippen LogP contribution in [0.5, 0.6) is 0 Å². The zero-order valence-electron chi connectivity index (χ0n) is 65.5. The number of benzene rings is 21. The van der Waals surface area contributed by atoms with Crippen LogP contribution in [0.3, 0.4) is 0 Å². The first-order valence-electron chi connectivity index (χ1n) is 41.0. The van der Waals surface area contributed by atoms with Crippen LogP contribution in [0.2, 0.25) is 0 Å². The van der Waals surface area contributed by atoms with Gasteiger partial charge in [0.05, 0.1) is 0 Å². The fraction of sp³-hybridized carbons (Fsp3) is 0.0517. The zero-order chi connectivity index (χ0) is 77.8. The second-order valence-electron chi connectivity index (χ2n) is 33.0. The number of furan rings is 1. The van der Waals surface area contributed by atoms with E-state index in [0.717, 1.165) is 33.1 Å². The third kappa shape index (κ3) is 10.3. The molecule has 1 heteroatoms. The van der Waals surface area contributed by atoms with E-state index in [9.17, 15) is 0 Å². The minimum absolute atomic E-state index is 0.200. The van der Waals surface area contributed by atoms with Crippen molar-refractivity contribution in [2.45, 2.75) is 38.5 Å². The van der Waals surface area contributed by atoms with Gasteiger partial charge < -0.3 is 4.42 Å². The Labute approximate surface area is 680 Å². The summed E-state index contributed by atoms with van der Waals surface area (Å²) in [6, 6.07) is 148. The molecule has 1 nitrogen and oxygen atoms in total. The molecule has 0 radical (unpaired) electrons. The van der Waals surface area contributed by atoms with E-state index in [1.54, 1.807) is 0 Å². The fourth-order valence-electron chi connectivity index (χ4n) is 21.3. The van der Waals surface area contributed by atoms with Crippen LogP contribution in [0.25, 0.3) is 219 Å². The summed E-state index contributed by atoms with van der Waals surface area (Å²) in [6.07, 6.45) is 0. The Kier molecular flexibility index (Phi) is 15.5. The monoisotopic (exact) mass is 1490 g/mol. The molecule has 548 valence electrons. The maximum Gasteiger partial charge on any atom is 0.143 e. The Hall–Kier alpha value is -14.5. The molecule has 0 bridgehead atoms. The molecule has 0 unspecified atom stereocenters. The molecule has 0 atom stereocenters. The molecule has 0 spiro atoms. The normalized spacial score (nSPS) is 13.1. The molecular formula is C116H78O. The first-order chi connectivity index (χ1) is 57.7. The Bertz CT molecular complexity index is 7820. The minimum Gasteiger partial charge on any atom is -0.455 e. The lowest BCUT2D eigenvalue weighted by Gasteiger charge is -2.26. The average Bonchev–Trinajstić information content (AvgIpc) is 1.55. The highest BCUT2D eigenvalue weighted by Crippen LogP contribution is 2.60. The van der Waals surface area contributed by atoms with Gasteiger partial charge in [0.2, 0.25) is 0 Å². The number of hydrogen-bond donors (Lipinski definition) is 0. The van der Waals surface area contributed by atoms with E-state index < -0.39 is 0 Å². The van der Waals surface area contributed by atoms with Crippen molar-refractivity contribution in [3.05, 3.63) is 423 Å². The van der Waals surface area contributed by atoms with Gasteiger partial charge in [0.15, 0.2) is 0 Å². The second kappa shape index (κ2) is 26.6. The summed E-state index contributed by atoms with van der Waals surface area (Å²) >= 11 is 0. The molecule has 1 heterocycles. The Morgan fingerprint density at radius 3 is 0.855 bits per heavy atom. The predicted octanol–water partition coefficient (Wildman–Crippen LogP) is 32.4. The summed E-state index contributed by atoms with van der Waals surface area (Å²) in [5.74, 6) is 0. The molecule has 24 rings (SSSR count). The van der Waals surface area contributed by atoms with Crippen LogP contribution in [-0.4, -0.2) is 0 Å². The average molecular weight is 1490 g/mol. The molecule has 0 N–H and O–H groups in total. The predicted molar refractivity (Wildman–Crippen MR) is 499 cm³/mol. The van der Waals surface area contributed by atoms with Gasteiger partial charge in [-0.3, -0.25) is 0 Å². The largest absolute Gasteiger partial charge is 0.455 e. The molecule has 117 heavy (non-hydrogen) atoms. The summed E-state index contributed by atoms with van der Waals surface area (Å²) in [6.45, 7) is 9.72. The molecule has 0 saturated carbocycles. The van der Waals surface area contributed by atoms with Gasteiger partial charge in [-0.25, -0.2) is 0 Å². The van der Waals surface area contributed by atoms with Crippen molar-refractivity contribution in [2.24, 2.45) is 0 Å². The van der Waals surface area contributed by atoms with Crippen LogP contribution in [0, 0.1) is 0 Å². The van der Waals surface area contributed by atoms with E-state index in [1.807, 2.05) is 6.07 Å². The quantitative estimate of drug-likeness (QED) is 0.109. The van der Waals surface area contributed by atoms with Crippen LogP contribution < -0.4 is 0 Å². The van der Waals surface area contributed by atoms with Crippen molar-refractivity contribution in [3.8, 4) is 111 Å². The maximum absolute atomic E-state index is 6.63. The van der Waals surface area contributed by atoms with Gasteiger partial charge in [0.25, 0.3) is 0 Å². The Morgan fingerprint density at radius 1 is 0.154 bits per heavy atom. The van der Waals surface area contributed by atoms with Gasteiger partial charge in [-0.15, -0.1) is 0 Å². The number of para-hydroxylation sites is 2. The van der Waals surface area contributed by atoms with Crippen molar-refractivity contribution < 1.29 is 4.42 Å². The number of rotatable bonds is 8. The Balaban J connectivity index is 0.000000139. The van der Waals surface area contributed by atoms with Gasteiger partial charge >= 0.3 is 0 Å². The third-order valence-corrected chi connectivity index (χ3v) is 26.0. The van der Waals surface area contributed by atoms with E-state index in [4.69, 9.17) is 4.42 Å². The molecule has 0 aliphatic heterocycles. The highest BCUT2D eigenvalue weighted by atomic mass is 16.3. The lowest BCUT2D eigenvalue weighted by molar-refractivity contribution is 0.668. The highest BCUT2D eigenvalue weighted by Gasteiger charge is 2.42. The van der Waals surface area contributed by atoms with Gasteiger partial charge in [-0.05, 0) is 232 Å². The molecular weight excluding hydrogens is 1410 g/mol. The van der Waals surface area contributed by atoms with E-state index in [0.29, 0.717) is 0 Å². The van der Waals surface area contributed by atoms with Crippen molar-refractivity contribution in [3.63, 3.8) is 0 Å². The SMILES string of the molecule is CC1(C)c2c(-c3cccc(-c4c5ccccc5c(-c5ccccc5-c5cccc6c5oc5ccccc56)c5ccccc45)c3)cccc2-c2c1c1ccccc1c1ccccc21.CC1(C)c2c(-c3cccc(-c4c5ccccc5c(-c5ccccc5-c5ccccc5)c5ccccc45)c3)cccc2-c2c1c1ccccc1c1ccccc21.